The van der Waals surface area contributed by atoms with Gasteiger partial charge in [0, 0.05) is 10.6 Å². The quantitative estimate of drug-likeness (QED) is 0.493. The molecular formula is C20H16ClN5O3S. The van der Waals surface area contributed by atoms with Crippen LogP contribution in [0.15, 0.2) is 75.4 Å². The number of halogens is 1. The van der Waals surface area contributed by atoms with Crippen molar-refractivity contribution in [3.63, 3.8) is 0 Å². The first-order chi connectivity index (χ1) is 14.5. The van der Waals surface area contributed by atoms with E-state index in [0.29, 0.717) is 27.1 Å². The van der Waals surface area contributed by atoms with Gasteiger partial charge in [-0.2, -0.15) is 9.61 Å². The summed E-state index contributed by atoms with van der Waals surface area (Å²) in [5.41, 5.74) is 0.350. The average molecular weight is 442 g/mol. The Hall–Kier alpha value is -3.30. The molecule has 0 saturated heterocycles. The zero-order valence-corrected chi connectivity index (χ0v) is 17.4. The number of hydrogen-bond donors (Lipinski definition) is 1. The van der Waals surface area contributed by atoms with Gasteiger partial charge in [0.1, 0.15) is 17.3 Å². The second kappa shape index (κ2) is 8.60. The highest BCUT2D eigenvalue weighted by Gasteiger charge is 2.13. The van der Waals surface area contributed by atoms with Gasteiger partial charge in [0.25, 0.3) is 0 Å². The molecule has 0 aliphatic rings. The number of hydrogen-bond acceptors (Lipinski definition) is 6. The molecule has 4 aromatic rings. The van der Waals surface area contributed by atoms with E-state index in [-0.39, 0.29) is 6.54 Å². The second-order valence-corrected chi connectivity index (χ2v) is 7.70. The van der Waals surface area contributed by atoms with Gasteiger partial charge in [-0.05, 0) is 42.5 Å². The fourth-order valence-electron chi connectivity index (χ4n) is 2.74. The molecule has 30 heavy (non-hydrogen) atoms. The van der Waals surface area contributed by atoms with E-state index in [1.807, 2.05) is 30.3 Å². The van der Waals surface area contributed by atoms with Crippen molar-refractivity contribution in [1.82, 2.24) is 19.4 Å². The molecule has 8 nitrogen and oxygen atoms in total. The fraction of sp³-hybridized carbons (Fsp3) is 0.100. The van der Waals surface area contributed by atoms with Crippen LogP contribution < -0.4 is 15.7 Å². The zero-order valence-electron chi connectivity index (χ0n) is 15.8. The Bertz CT molecular complexity index is 1270. The molecule has 1 amide bonds. The van der Waals surface area contributed by atoms with Gasteiger partial charge in [-0.1, -0.05) is 41.6 Å². The molecule has 152 valence electrons. The molecule has 10 heteroatoms. The molecule has 0 saturated carbocycles. The van der Waals surface area contributed by atoms with Crippen LogP contribution in [0.2, 0.25) is 5.02 Å². The molecule has 0 atom stereocenters. The Kier molecular flexibility index (Phi) is 5.73. The molecular weight excluding hydrogens is 426 g/mol. The summed E-state index contributed by atoms with van der Waals surface area (Å²) in [6.07, 6.45) is 0. The molecule has 0 aliphatic heterocycles. The lowest BCUT2D eigenvalue weighted by Gasteiger charge is -2.07. The number of nitrogens with one attached hydrogen (secondary N) is 1. The lowest BCUT2D eigenvalue weighted by Crippen LogP contribution is -2.28. The van der Waals surface area contributed by atoms with Gasteiger partial charge in [-0.25, -0.2) is 9.48 Å². The number of benzene rings is 2. The Morgan fingerprint density at radius 1 is 1.13 bits per heavy atom. The Morgan fingerprint density at radius 2 is 1.93 bits per heavy atom. The maximum atomic E-state index is 12.6. The molecule has 0 bridgehead atoms. The molecule has 0 spiro atoms. The number of aromatic nitrogens is 4. The largest absolute Gasteiger partial charge is 0.495 e. The average Bonchev–Trinajstić information content (AvgIpc) is 3.04. The van der Waals surface area contributed by atoms with E-state index in [9.17, 15) is 9.59 Å². The van der Waals surface area contributed by atoms with E-state index in [0.717, 1.165) is 9.58 Å². The summed E-state index contributed by atoms with van der Waals surface area (Å²) in [5.74, 6) is 0.0853. The van der Waals surface area contributed by atoms with E-state index >= 15 is 0 Å². The van der Waals surface area contributed by atoms with E-state index in [1.165, 1.54) is 23.4 Å². The minimum absolute atomic E-state index is 0.257. The SMILES string of the molecule is COc1ccc(NC(=O)Cn2nc3ccc(Sc4ccccc4)nn3c2=O)cc1Cl. The fourth-order valence-corrected chi connectivity index (χ4v) is 3.79. The molecule has 0 aliphatic carbocycles. The van der Waals surface area contributed by atoms with Gasteiger partial charge in [-0.3, -0.25) is 4.79 Å². The Balaban J connectivity index is 1.51. The van der Waals surface area contributed by atoms with Crippen molar-refractivity contribution >= 4 is 40.6 Å². The predicted molar refractivity (Wildman–Crippen MR) is 114 cm³/mol. The number of rotatable bonds is 6. The summed E-state index contributed by atoms with van der Waals surface area (Å²) in [7, 11) is 1.51. The minimum Gasteiger partial charge on any atom is -0.495 e. The van der Waals surface area contributed by atoms with Crippen molar-refractivity contribution in [3.05, 3.63) is 76.2 Å². The van der Waals surface area contributed by atoms with Crippen molar-refractivity contribution in [3.8, 4) is 5.75 Å². The zero-order chi connectivity index (χ0) is 21.1. The van der Waals surface area contributed by atoms with Crippen LogP contribution >= 0.6 is 23.4 Å². The molecule has 4 rings (SSSR count). The van der Waals surface area contributed by atoms with Crippen LogP contribution in [0.5, 0.6) is 5.75 Å². The maximum absolute atomic E-state index is 12.6. The topological polar surface area (TPSA) is 90.5 Å². The molecule has 2 heterocycles. The van der Waals surface area contributed by atoms with Crippen molar-refractivity contribution in [2.75, 3.05) is 12.4 Å². The highest BCUT2D eigenvalue weighted by Crippen LogP contribution is 2.27. The summed E-state index contributed by atoms with van der Waals surface area (Å²) in [4.78, 5) is 26.0. The standard InChI is InChI=1S/C20H16ClN5O3S/c1-29-16-8-7-13(11-15(16)21)22-18(27)12-25-20(28)26-17(23-25)9-10-19(24-26)30-14-5-3-2-4-6-14/h2-11H,12H2,1H3,(H,22,27). The van der Waals surface area contributed by atoms with Gasteiger partial charge in [0.15, 0.2) is 5.65 Å². The summed E-state index contributed by atoms with van der Waals surface area (Å²) in [6, 6.07) is 18.0. The summed E-state index contributed by atoms with van der Waals surface area (Å²) in [5, 5.41) is 12.2. The minimum atomic E-state index is -0.497. The van der Waals surface area contributed by atoms with Gasteiger partial charge < -0.3 is 10.1 Å². The number of nitrogens with zero attached hydrogens (tertiary/aromatic N) is 4. The van der Waals surface area contributed by atoms with E-state index in [1.54, 1.807) is 30.3 Å². The number of anilines is 1. The van der Waals surface area contributed by atoms with Gasteiger partial charge in [0.2, 0.25) is 5.91 Å². The van der Waals surface area contributed by atoms with Crippen LogP contribution in [0.3, 0.4) is 0 Å². The van der Waals surface area contributed by atoms with Crippen molar-refractivity contribution in [2.24, 2.45) is 0 Å². The van der Waals surface area contributed by atoms with E-state index in [2.05, 4.69) is 15.5 Å². The Morgan fingerprint density at radius 3 is 2.67 bits per heavy atom. The molecule has 2 aromatic heterocycles. The van der Waals surface area contributed by atoms with Crippen molar-refractivity contribution < 1.29 is 9.53 Å². The normalized spacial score (nSPS) is 10.9. The van der Waals surface area contributed by atoms with Crippen molar-refractivity contribution in [1.29, 1.82) is 0 Å². The summed E-state index contributed by atoms with van der Waals surface area (Å²) in [6.45, 7) is -0.257. The summed E-state index contributed by atoms with van der Waals surface area (Å²) >= 11 is 7.50. The number of methoxy groups -OCH3 is 1. The monoisotopic (exact) mass is 441 g/mol. The number of amides is 1. The molecule has 1 N–H and O–H groups in total. The lowest BCUT2D eigenvalue weighted by atomic mass is 10.3. The highest BCUT2D eigenvalue weighted by atomic mass is 35.5. The summed E-state index contributed by atoms with van der Waals surface area (Å²) < 4.78 is 7.34. The van der Waals surface area contributed by atoms with Crippen LogP contribution in [0.4, 0.5) is 5.69 Å². The smallest absolute Gasteiger partial charge is 0.367 e. The molecule has 0 radical (unpaired) electrons. The second-order valence-electron chi connectivity index (χ2n) is 6.19. The van der Waals surface area contributed by atoms with Crippen LogP contribution in [0, 0.1) is 0 Å². The first-order valence-electron chi connectivity index (χ1n) is 8.87. The van der Waals surface area contributed by atoms with E-state index in [4.69, 9.17) is 16.3 Å². The first-order valence-corrected chi connectivity index (χ1v) is 10.1. The third-order valence-corrected chi connectivity index (χ3v) is 5.34. The predicted octanol–water partition coefficient (Wildman–Crippen LogP) is 3.34. The first kappa shape index (κ1) is 20.0. The third-order valence-electron chi connectivity index (χ3n) is 4.11. The third kappa shape index (κ3) is 4.32. The van der Waals surface area contributed by atoms with Gasteiger partial charge in [0.05, 0.1) is 12.1 Å². The Labute approximate surface area is 180 Å². The van der Waals surface area contributed by atoms with E-state index < -0.39 is 11.6 Å². The van der Waals surface area contributed by atoms with Gasteiger partial charge >= 0.3 is 5.69 Å². The molecule has 2 aromatic carbocycles. The number of carbonyl (C=O) groups excluding carboxylic acids is 1. The van der Waals surface area contributed by atoms with Gasteiger partial charge in [-0.15, -0.1) is 5.10 Å². The number of carbonyl (C=O) groups is 1. The molecule has 0 unspecified atom stereocenters. The lowest BCUT2D eigenvalue weighted by molar-refractivity contribution is -0.117. The van der Waals surface area contributed by atoms with Crippen LogP contribution in [0.25, 0.3) is 5.65 Å². The molecule has 0 fully saturated rings. The highest BCUT2D eigenvalue weighted by molar-refractivity contribution is 7.99. The number of fused-ring (bicyclic) bond motifs is 1. The number of ether oxygens (including phenoxy) is 1. The van der Waals surface area contributed by atoms with Crippen LogP contribution in [-0.2, 0) is 11.3 Å². The van der Waals surface area contributed by atoms with Crippen LogP contribution in [-0.4, -0.2) is 32.4 Å². The van der Waals surface area contributed by atoms with Crippen LogP contribution in [0.1, 0.15) is 0 Å². The maximum Gasteiger partial charge on any atom is 0.367 e. The van der Waals surface area contributed by atoms with Crippen molar-refractivity contribution in [2.45, 2.75) is 16.5 Å².